The standard InChI is InChI=1S/C25H20F2N4O3S/c26-18-7-8-24(21(27)14-18)35(33,34)31-12-10-30(11-13-31)25(32)20-15-23(17-4-3-9-28-16-17)29-22-6-2-1-5-19(20)22/h1-9,14-16H,10-13H2. The van der Waals surface area contributed by atoms with Gasteiger partial charge < -0.3 is 4.90 Å². The highest BCUT2D eigenvalue weighted by molar-refractivity contribution is 7.89. The number of amides is 1. The van der Waals surface area contributed by atoms with Crippen LogP contribution in [0.15, 0.2) is 78.0 Å². The van der Waals surface area contributed by atoms with Crippen molar-refractivity contribution in [2.24, 2.45) is 0 Å². The minimum atomic E-state index is -4.16. The van der Waals surface area contributed by atoms with Crippen molar-refractivity contribution in [3.05, 3.63) is 90.3 Å². The molecular formula is C25H20F2N4O3S. The summed E-state index contributed by atoms with van der Waals surface area (Å²) < 4.78 is 54.2. The van der Waals surface area contributed by atoms with E-state index in [9.17, 15) is 22.0 Å². The number of pyridine rings is 2. The Balaban J connectivity index is 1.41. The van der Waals surface area contributed by atoms with Gasteiger partial charge in [-0.3, -0.25) is 9.78 Å². The number of hydrogen-bond acceptors (Lipinski definition) is 5. The third-order valence-corrected chi connectivity index (χ3v) is 7.87. The summed E-state index contributed by atoms with van der Waals surface area (Å²) in [5, 5.41) is 0.688. The van der Waals surface area contributed by atoms with Crippen LogP contribution in [0.4, 0.5) is 8.78 Å². The fraction of sp³-hybridized carbons (Fsp3) is 0.160. The molecule has 0 unspecified atom stereocenters. The van der Waals surface area contributed by atoms with Crippen molar-refractivity contribution in [2.45, 2.75) is 4.90 Å². The third-order valence-electron chi connectivity index (χ3n) is 5.94. The maximum Gasteiger partial charge on any atom is 0.254 e. The summed E-state index contributed by atoms with van der Waals surface area (Å²) >= 11 is 0. The van der Waals surface area contributed by atoms with Crippen LogP contribution in [-0.4, -0.2) is 59.7 Å². The quantitative estimate of drug-likeness (QED) is 0.432. The maximum absolute atomic E-state index is 14.1. The van der Waals surface area contributed by atoms with Crippen molar-refractivity contribution in [3.8, 4) is 11.3 Å². The van der Waals surface area contributed by atoms with E-state index < -0.39 is 26.6 Å². The second-order valence-corrected chi connectivity index (χ2v) is 9.99. The maximum atomic E-state index is 14.1. The molecule has 2 aromatic carbocycles. The van der Waals surface area contributed by atoms with Gasteiger partial charge in [0.1, 0.15) is 16.5 Å². The molecule has 1 fully saturated rings. The van der Waals surface area contributed by atoms with Crippen LogP contribution in [0.25, 0.3) is 22.2 Å². The fourth-order valence-electron chi connectivity index (χ4n) is 4.14. The second kappa shape index (κ2) is 9.12. The van der Waals surface area contributed by atoms with E-state index in [4.69, 9.17) is 0 Å². The van der Waals surface area contributed by atoms with Gasteiger partial charge in [0, 0.05) is 55.6 Å². The SMILES string of the molecule is O=C(c1cc(-c2cccnc2)nc2ccccc12)N1CCN(S(=O)(=O)c2ccc(F)cc2F)CC1. The van der Waals surface area contributed by atoms with Gasteiger partial charge in [0.25, 0.3) is 5.91 Å². The predicted octanol–water partition coefficient (Wildman–Crippen LogP) is 3.72. The first-order valence-electron chi connectivity index (χ1n) is 10.9. The van der Waals surface area contributed by atoms with Crippen LogP contribution < -0.4 is 0 Å². The Morgan fingerprint density at radius 1 is 0.914 bits per heavy atom. The van der Waals surface area contributed by atoms with Crippen molar-refractivity contribution in [2.75, 3.05) is 26.2 Å². The Morgan fingerprint density at radius 3 is 2.40 bits per heavy atom. The highest BCUT2D eigenvalue weighted by atomic mass is 32.2. The molecule has 5 rings (SSSR count). The molecule has 7 nitrogen and oxygen atoms in total. The van der Waals surface area contributed by atoms with E-state index in [0.29, 0.717) is 28.2 Å². The molecule has 1 aliphatic rings. The Labute approximate surface area is 200 Å². The van der Waals surface area contributed by atoms with Crippen molar-refractivity contribution >= 4 is 26.8 Å². The number of benzene rings is 2. The molecule has 1 aliphatic heterocycles. The van der Waals surface area contributed by atoms with Crippen LogP contribution in [0.1, 0.15) is 10.4 Å². The molecule has 178 valence electrons. The van der Waals surface area contributed by atoms with E-state index >= 15 is 0 Å². The van der Waals surface area contributed by atoms with Gasteiger partial charge in [-0.25, -0.2) is 22.2 Å². The summed E-state index contributed by atoms with van der Waals surface area (Å²) in [6, 6.07) is 15.0. The van der Waals surface area contributed by atoms with E-state index in [-0.39, 0.29) is 32.1 Å². The summed E-state index contributed by atoms with van der Waals surface area (Å²) in [6.07, 6.45) is 3.32. The van der Waals surface area contributed by atoms with Gasteiger partial charge in [0.15, 0.2) is 0 Å². The van der Waals surface area contributed by atoms with Gasteiger partial charge >= 0.3 is 0 Å². The smallest absolute Gasteiger partial charge is 0.254 e. The number of aromatic nitrogens is 2. The summed E-state index contributed by atoms with van der Waals surface area (Å²) in [7, 11) is -4.16. The lowest BCUT2D eigenvalue weighted by molar-refractivity contribution is 0.0699. The fourth-order valence-corrected chi connectivity index (χ4v) is 5.61. The highest BCUT2D eigenvalue weighted by Crippen LogP contribution is 2.27. The van der Waals surface area contributed by atoms with E-state index in [2.05, 4.69) is 9.97 Å². The first-order chi connectivity index (χ1) is 16.8. The van der Waals surface area contributed by atoms with E-state index in [1.165, 1.54) is 0 Å². The monoisotopic (exact) mass is 494 g/mol. The van der Waals surface area contributed by atoms with Gasteiger partial charge in [-0.15, -0.1) is 0 Å². The number of para-hydroxylation sites is 1. The Bertz CT molecular complexity index is 1520. The average Bonchev–Trinajstić information content (AvgIpc) is 2.88. The summed E-state index contributed by atoms with van der Waals surface area (Å²) in [5.41, 5.74) is 2.48. The number of fused-ring (bicyclic) bond motifs is 1. The lowest BCUT2D eigenvalue weighted by Crippen LogP contribution is -2.50. The van der Waals surface area contributed by atoms with Crippen molar-refractivity contribution in [3.63, 3.8) is 0 Å². The molecule has 2 aromatic heterocycles. The zero-order valence-electron chi connectivity index (χ0n) is 18.4. The molecule has 0 bridgehead atoms. The number of sulfonamides is 1. The molecule has 0 aliphatic carbocycles. The van der Waals surface area contributed by atoms with Gasteiger partial charge in [-0.05, 0) is 36.4 Å². The molecule has 0 spiro atoms. The molecular weight excluding hydrogens is 474 g/mol. The molecule has 0 atom stereocenters. The number of carbonyl (C=O) groups excluding carboxylic acids is 1. The van der Waals surface area contributed by atoms with Crippen LogP contribution >= 0.6 is 0 Å². The normalized spacial score (nSPS) is 14.9. The van der Waals surface area contributed by atoms with Gasteiger partial charge in [-0.1, -0.05) is 18.2 Å². The number of hydrogen-bond donors (Lipinski definition) is 0. The van der Waals surface area contributed by atoms with E-state index in [1.54, 1.807) is 29.4 Å². The molecule has 1 amide bonds. The largest absolute Gasteiger partial charge is 0.336 e. The number of carbonyl (C=O) groups is 1. The van der Waals surface area contributed by atoms with Crippen LogP contribution in [0.3, 0.4) is 0 Å². The molecule has 0 radical (unpaired) electrons. The molecule has 0 saturated carbocycles. The zero-order valence-corrected chi connectivity index (χ0v) is 19.3. The van der Waals surface area contributed by atoms with Crippen molar-refractivity contribution in [1.29, 1.82) is 0 Å². The van der Waals surface area contributed by atoms with Crippen molar-refractivity contribution in [1.82, 2.24) is 19.2 Å². The number of piperazine rings is 1. The molecule has 3 heterocycles. The van der Waals surface area contributed by atoms with Crippen LogP contribution in [0.5, 0.6) is 0 Å². The Hall–Kier alpha value is -3.76. The molecule has 35 heavy (non-hydrogen) atoms. The van der Waals surface area contributed by atoms with Gasteiger partial charge in [0.2, 0.25) is 10.0 Å². The minimum absolute atomic E-state index is 0.0105. The van der Waals surface area contributed by atoms with Gasteiger partial charge in [-0.2, -0.15) is 4.31 Å². The van der Waals surface area contributed by atoms with Crippen LogP contribution in [0, 0.1) is 11.6 Å². The van der Waals surface area contributed by atoms with Gasteiger partial charge in [0.05, 0.1) is 16.8 Å². The Morgan fingerprint density at radius 2 is 1.69 bits per heavy atom. The van der Waals surface area contributed by atoms with Crippen LogP contribution in [-0.2, 0) is 10.0 Å². The predicted molar refractivity (Wildman–Crippen MR) is 126 cm³/mol. The summed E-state index contributed by atoms with van der Waals surface area (Å²) in [4.78, 5) is 23.3. The minimum Gasteiger partial charge on any atom is -0.336 e. The molecule has 1 saturated heterocycles. The number of halogens is 2. The molecule has 10 heteroatoms. The summed E-state index contributed by atoms with van der Waals surface area (Å²) in [5.74, 6) is -2.25. The lowest BCUT2D eigenvalue weighted by Gasteiger charge is -2.34. The summed E-state index contributed by atoms with van der Waals surface area (Å²) in [6.45, 7) is 0.228. The highest BCUT2D eigenvalue weighted by Gasteiger charge is 2.32. The topological polar surface area (TPSA) is 83.5 Å². The number of rotatable bonds is 4. The first-order valence-corrected chi connectivity index (χ1v) is 12.3. The Kier molecular flexibility index (Phi) is 6.00. The second-order valence-electron chi connectivity index (χ2n) is 8.08. The number of nitrogens with zero attached hydrogens (tertiary/aromatic N) is 4. The van der Waals surface area contributed by atoms with E-state index in [1.807, 2.05) is 30.3 Å². The zero-order chi connectivity index (χ0) is 24.6. The molecule has 0 N–H and O–H groups in total. The molecule has 4 aromatic rings. The van der Waals surface area contributed by atoms with Crippen LogP contribution in [0.2, 0.25) is 0 Å². The first kappa shape index (κ1) is 23.0. The lowest BCUT2D eigenvalue weighted by atomic mass is 10.0. The van der Waals surface area contributed by atoms with Crippen molar-refractivity contribution < 1.29 is 22.0 Å². The average molecular weight is 495 g/mol. The van der Waals surface area contributed by atoms with E-state index in [0.717, 1.165) is 22.0 Å². The third kappa shape index (κ3) is 4.38.